The highest BCUT2D eigenvalue weighted by Crippen LogP contribution is 2.63. The fourth-order valence-corrected chi connectivity index (χ4v) is 6.99. The number of aryl methyl sites for hydroxylation is 1. The third kappa shape index (κ3) is 5.46. The maximum absolute atomic E-state index is 15.9. The number of carbonyl (C=O) groups is 3. The Morgan fingerprint density at radius 2 is 1.95 bits per heavy atom. The van der Waals surface area contributed by atoms with Crippen LogP contribution in [0.5, 0.6) is 5.75 Å². The summed E-state index contributed by atoms with van der Waals surface area (Å²) in [6.45, 7) is 8.07. The molecule has 1 aliphatic carbocycles. The van der Waals surface area contributed by atoms with E-state index in [1.54, 1.807) is 18.3 Å². The van der Waals surface area contributed by atoms with Crippen LogP contribution in [0, 0.1) is 30.0 Å². The van der Waals surface area contributed by atoms with Gasteiger partial charge in [0.25, 0.3) is 0 Å². The molecule has 1 aromatic heterocycles. The fraction of sp³-hybridized carbons (Fsp3) is 0.394. The molecule has 1 fully saturated rings. The number of carboxylic acids is 1. The van der Waals surface area contributed by atoms with Crippen molar-refractivity contribution in [2.45, 2.75) is 59.3 Å². The number of carboxylic acid groups (broad SMARTS) is 1. The normalized spacial score (nSPS) is 22.5. The molecule has 2 heterocycles. The SMILES string of the molecule is C.COc1cc(C(=O)O)ccc1NC(=O)[C@@H]1C[C@@H](CC(C)(C)C)[C@@]2(C(=O)Nc3cc(C)cnc32)[C@H]1c1cccc(Cl)c1F. The van der Waals surface area contributed by atoms with Crippen LogP contribution in [0.4, 0.5) is 15.8 Å². The quantitative estimate of drug-likeness (QED) is 0.272. The van der Waals surface area contributed by atoms with Gasteiger partial charge in [-0.3, -0.25) is 14.6 Å². The number of ether oxygens (including phenoxy) is 1. The maximum atomic E-state index is 15.9. The molecule has 0 radical (unpaired) electrons. The molecule has 43 heavy (non-hydrogen) atoms. The van der Waals surface area contributed by atoms with Gasteiger partial charge >= 0.3 is 5.97 Å². The lowest BCUT2D eigenvalue weighted by Gasteiger charge is -2.38. The summed E-state index contributed by atoms with van der Waals surface area (Å²) in [4.78, 5) is 44.7. The largest absolute Gasteiger partial charge is 0.495 e. The minimum Gasteiger partial charge on any atom is -0.495 e. The molecule has 1 saturated carbocycles. The molecule has 0 unspecified atom stereocenters. The van der Waals surface area contributed by atoms with Crippen molar-refractivity contribution in [1.82, 2.24) is 4.98 Å². The number of anilines is 2. The number of hydrogen-bond acceptors (Lipinski definition) is 5. The summed E-state index contributed by atoms with van der Waals surface area (Å²) >= 11 is 6.27. The highest BCUT2D eigenvalue weighted by molar-refractivity contribution is 6.30. The van der Waals surface area contributed by atoms with Crippen molar-refractivity contribution < 1.29 is 28.6 Å². The second-order valence-corrected chi connectivity index (χ2v) is 12.8. The van der Waals surface area contributed by atoms with Gasteiger partial charge in [0.15, 0.2) is 0 Å². The number of aromatic carboxylic acids is 1. The van der Waals surface area contributed by atoms with Gasteiger partial charge in [0.2, 0.25) is 11.8 Å². The Morgan fingerprint density at radius 1 is 1.23 bits per heavy atom. The van der Waals surface area contributed by atoms with Crippen LogP contribution in [0.2, 0.25) is 5.02 Å². The smallest absolute Gasteiger partial charge is 0.335 e. The number of aromatic nitrogens is 1. The zero-order valence-corrected chi connectivity index (χ0v) is 24.8. The second-order valence-electron chi connectivity index (χ2n) is 12.4. The van der Waals surface area contributed by atoms with Crippen molar-refractivity contribution in [3.8, 4) is 5.75 Å². The number of hydrogen-bond donors (Lipinski definition) is 3. The summed E-state index contributed by atoms with van der Waals surface area (Å²) in [5, 5.41) is 15.2. The van der Waals surface area contributed by atoms with Crippen LogP contribution < -0.4 is 15.4 Å². The van der Waals surface area contributed by atoms with Gasteiger partial charge in [-0.15, -0.1) is 0 Å². The van der Waals surface area contributed by atoms with Crippen molar-refractivity contribution in [2.75, 3.05) is 17.7 Å². The molecular weight excluding hydrogens is 573 g/mol. The number of benzene rings is 2. The van der Waals surface area contributed by atoms with E-state index in [0.717, 1.165) is 5.56 Å². The van der Waals surface area contributed by atoms with E-state index in [9.17, 15) is 19.5 Å². The molecule has 0 bridgehead atoms. The van der Waals surface area contributed by atoms with Gasteiger partial charge in [0.1, 0.15) is 17.0 Å². The van der Waals surface area contributed by atoms with Crippen molar-refractivity contribution >= 4 is 40.8 Å². The molecule has 2 aliphatic rings. The Bertz CT molecular complexity index is 1600. The van der Waals surface area contributed by atoms with E-state index in [0.29, 0.717) is 17.8 Å². The average Bonchev–Trinajstić information content (AvgIpc) is 3.39. The minimum atomic E-state index is -1.35. The Hall–Kier alpha value is -3.98. The summed E-state index contributed by atoms with van der Waals surface area (Å²) in [7, 11) is 1.37. The highest BCUT2D eigenvalue weighted by atomic mass is 35.5. The molecule has 8 nitrogen and oxygen atoms in total. The molecule has 0 saturated heterocycles. The number of nitrogens with one attached hydrogen (secondary N) is 2. The Balaban J connectivity index is 0.00000423. The lowest BCUT2D eigenvalue weighted by atomic mass is 9.63. The molecule has 3 aromatic rings. The van der Waals surface area contributed by atoms with Crippen LogP contribution in [-0.4, -0.2) is 35.0 Å². The number of amides is 2. The van der Waals surface area contributed by atoms with Gasteiger partial charge in [-0.2, -0.15) is 0 Å². The van der Waals surface area contributed by atoms with E-state index >= 15 is 4.39 Å². The van der Waals surface area contributed by atoms with Crippen LogP contribution in [-0.2, 0) is 15.0 Å². The molecular formula is C33H37ClFN3O5. The molecule has 4 atom stereocenters. The Morgan fingerprint density at radius 3 is 2.60 bits per heavy atom. The van der Waals surface area contributed by atoms with E-state index in [4.69, 9.17) is 21.3 Å². The summed E-state index contributed by atoms with van der Waals surface area (Å²) in [6, 6.07) is 10.6. The molecule has 1 spiro atoms. The van der Waals surface area contributed by atoms with Gasteiger partial charge in [0.05, 0.1) is 34.8 Å². The minimum absolute atomic E-state index is 0. The zero-order valence-electron chi connectivity index (χ0n) is 24.0. The second kappa shape index (κ2) is 11.6. The predicted octanol–water partition coefficient (Wildman–Crippen LogP) is 7.21. The van der Waals surface area contributed by atoms with Crippen LogP contribution >= 0.6 is 11.6 Å². The van der Waals surface area contributed by atoms with Crippen LogP contribution in [0.1, 0.15) is 74.1 Å². The third-order valence-corrected chi connectivity index (χ3v) is 8.63. The van der Waals surface area contributed by atoms with Crippen LogP contribution in [0.15, 0.2) is 48.7 Å². The number of pyridine rings is 1. The lowest BCUT2D eigenvalue weighted by Crippen LogP contribution is -2.45. The van der Waals surface area contributed by atoms with E-state index in [1.807, 2.05) is 13.0 Å². The molecule has 5 rings (SSSR count). The van der Waals surface area contributed by atoms with E-state index in [-0.39, 0.29) is 58.7 Å². The average molecular weight is 610 g/mol. The van der Waals surface area contributed by atoms with Crippen molar-refractivity contribution in [1.29, 1.82) is 0 Å². The Labute approximate surface area is 256 Å². The standard InChI is InChI=1S/C32H33ClFN3O5.CH4/c1-16-11-23-27(35-15-16)32(30(41)37-23)18(14-31(2,3)4)13-20(25(32)19-7-6-8-21(33)26(19)34)28(38)36-22-10-9-17(29(39)40)12-24(22)42-5;/h6-12,15,18,20,25H,13-14H2,1-5H3,(H,36,38)(H,37,41)(H,39,40);1H4/t18-,20+,25-,32+;/m0./s1. The van der Waals surface area contributed by atoms with Gasteiger partial charge in [-0.1, -0.05) is 51.9 Å². The van der Waals surface area contributed by atoms with Crippen molar-refractivity contribution in [2.24, 2.45) is 17.3 Å². The number of methoxy groups -OCH3 is 1. The zero-order chi connectivity index (χ0) is 30.6. The third-order valence-electron chi connectivity index (χ3n) is 8.33. The lowest BCUT2D eigenvalue weighted by molar-refractivity contribution is -0.123. The van der Waals surface area contributed by atoms with Gasteiger partial charge in [-0.05, 0) is 72.6 Å². The molecule has 2 aromatic carbocycles. The number of nitrogens with zero attached hydrogens (tertiary/aromatic N) is 1. The molecule has 3 N–H and O–H groups in total. The van der Waals surface area contributed by atoms with Crippen molar-refractivity contribution in [3.63, 3.8) is 0 Å². The van der Waals surface area contributed by atoms with Gasteiger partial charge < -0.3 is 20.5 Å². The first-order valence-corrected chi connectivity index (χ1v) is 14.1. The number of carbonyl (C=O) groups excluding carboxylic acids is 2. The maximum Gasteiger partial charge on any atom is 0.335 e. The predicted molar refractivity (Wildman–Crippen MR) is 164 cm³/mol. The van der Waals surface area contributed by atoms with E-state index < -0.39 is 34.9 Å². The van der Waals surface area contributed by atoms with Crippen LogP contribution in [0.3, 0.4) is 0 Å². The first-order valence-electron chi connectivity index (χ1n) is 13.7. The number of halogens is 2. The summed E-state index contributed by atoms with van der Waals surface area (Å²) in [5.41, 5.74) is 0.746. The Kier molecular flexibility index (Phi) is 8.62. The molecule has 10 heteroatoms. The van der Waals surface area contributed by atoms with Gasteiger partial charge in [-0.25, -0.2) is 9.18 Å². The summed E-state index contributed by atoms with van der Waals surface area (Å²) in [5.74, 6) is -4.62. The molecule has 1 aliphatic heterocycles. The molecule has 2 amide bonds. The summed E-state index contributed by atoms with van der Waals surface area (Å²) < 4.78 is 21.3. The number of fused-ring (bicyclic) bond motifs is 2. The molecule has 228 valence electrons. The first kappa shape index (κ1) is 31.9. The fourth-order valence-electron chi connectivity index (χ4n) is 6.81. The summed E-state index contributed by atoms with van der Waals surface area (Å²) in [6.07, 6.45) is 2.52. The van der Waals surface area contributed by atoms with Crippen molar-refractivity contribution in [3.05, 3.63) is 81.9 Å². The topological polar surface area (TPSA) is 118 Å². The highest BCUT2D eigenvalue weighted by Gasteiger charge is 2.67. The van der Waals surface area contributed by atoms with Crippen LogP contribution in [0.25, 0.3) is 0 Å². The van der Waals surface area contributed by atoms with E-state index in [1.165, 1.54) is 31.4 Å². The number of rotatable bonds is 6. The van der Waals surface area contributed by atoms with E-state index in [2.05, 4.69) is 31.4 Å². The first-order chi connectivity index (χ1) is 19.8. The van der Waals surface area contributed by atoms with Gasteiger partial charge in [0, 0.05) is 18.0 Å². The monoisotopic (exact) mass is 609 g/mol.